The monoisotopic (exact) mass is 295 g/mol. The van der Waals surface area contributed by atoms with Crippen LogP contribution in [0.2, 0.25) is 0 Å². The molecule has 1 aromatic rings. The summed E-state index contributed by atoms with van der Waals surface area (Å²) in [5.74, 6) is -0.254. The van der Waals surface area contributed by atoms with Crippen molar-refractivity contribution < 1.29 is 4.39 Å². The summed E-state index contributed by atoms with van der Waals surface area (Å²) in [7, 11) is 1.96. The van der Waals surface area contributed by atoms with Gasteiger partial charge in [-0.15, -0.1) is 0 Å². The predicted octanol–water partition coefficient (Wildman–Crippen LogP) is 2.38. The van der Waals surface area contributed by atoms with Crippen molar-refractivity contribution in [2.24, 2.45) is 5.73 Å². The molecule has 0 aromatic heterocycles. The highest BCUT2D eigenvalue weighted by Gasteiger charge is 2.23. The van der Waals surface area contributed by atoms with Gasteiger partial charge in [-0.2, -0.15) is 0 Å². The summed E-state index contributed by atoms with van der Waals surface area (Å²) in [6.07, 6.45) is 2.14. The smallest absolute Gasteiger partial charge is 0.147 e. The Morgan fingerprint density at radius 2 is 2.10 bits per heavy atom. The molecule has 1 heterocycles. The lowest BCUT2D eigenvalue weighted by molar-refractivity contribution is 0.220. The maximum Gasteiger partial charge on any atom is 0.147 e. The third-order valence-electron chi connectivity index (χ3n) is 4.16. The highest BCUT2D eigenvalue weighted by atomic mass is 32.1. The van der Waals surface area contributed by atoms with Crippen LogP contribution in [0, 0.1) is 5.82 Å². The zero-order chi connectivity index (χ0) is 14.7. The summed E-state index contributed by atoms with van der Waals surface area (Å²) in [6, 6.07) is 5.38. The minimum atomic E-state index is -0.254. The van der Waals surface area contributed by atoms with Gasteiger partial charge < -0.3 is 15.5 Å². The van der Waals surface area contributed by atoms with Crippen LogP contribution in [0.15, 0.2) is 18.2 Å². The van der Waals surface area contributed by atoms with Crippen LogP contribution in [0.25, 0.3) is 0 Å². The van der Waals surface area contributed by atoms with E-state index in [0.717, 1.165) is 32.5 Å². The molecule has 1 aliphatic rings. The summed E-state index contributed by atoms with van der Waals surface area (Å²) in [5.41, 5.74) is 6.73. The van der Waals surface area contributed by atoms with Gasteiger partial charge in [0, 0.05) is 31.7 Å². The minimum absolute atomic E-state index is 0.231. The van der Waals surface area contributed by atoms with Crippen molar-refractivity contribution in [1.82, 2.24) is 4.90 Å². The lowest BCUT2D eigenvalue weighted by Crippen LogP contribution is -2.43. The van der Waals surface area contributed by atoms with E-state index >= 15 is 0 Å². The Hall–Kier alpha value is -1.20. The summed E-state index contributed by atoms with van der Waals surface area (Å²) in [5, 5.41) is 0. The second kappa shape index (κ2) is 6.50. The minimum Gasteiger partial charge on any atom is -0.389 e. The molecular formula is C15H22FN3S. The third-order valence-corrected chi connectivity index (χ3v) is 4.40. The first kappa shape index (κ1) is 15.2. The fourth-order valence-electron chi connectivity index (χ4n) is 2.77. The fraction of sp³-hybridized carbons (Fsp3) is 0.533. The van der Waals surface area contributed by atoms with Gasteiger partial charge >= 0.3 is 0 Å². The molecule has 0 saturated carbocycles. The number of nitrogens with two attached hydrogens (primary N) is 1. The summed E-state index contributed by atoms with van der Waals surface area (Å²) in [6.45, 7) is 5.43. The van der Waals surface area contributed by atoms with E-state index in [1.807, 2.05) is 11.9 Å². The number of likely N-dealkylation sites (tertiary alicyclic amines) is 1. The number of benzene rings is 1. The van der Waals surface area contributed by atoms with Crippen LogP contribution in [0.1, 0.15) is 25.3 Å². The quantitative estimate of drug-likeness (QED) is 0.865. The van der Waals surface area contributed by atoms with E-state index in [1.165, 1.54) is 6.07 Å². The van der Waals surface area contributed by atoms with Crippen LogP contribution in [0.5, 0.6) is 0 Å². The molecular weight excluding hydrogens is 273 g/mol. The van der Waals surface area contributed by atoms with E-state index in [1.54, 1.807) is 12.1 Å². The molecule has 0 amide bonds. The van der Waals surface area contributed by atoms with E-state index in [0.29, 0.717) is 17.3 Å². The lowest BCUT2D eigenvalue weighted by atomic mass is 10.0. The van der Waals surface area contributed by atoms with Gasteiger partial charge in [0.25, 0.3) is 0 Å². The zero-order valence-corrected chi connectivity index (χ0v) is 12.9. The first-order chi connectivity index (χ1) is 9.52. The molecule has 0 aliphatic carbocycles. The maximum absolute atomic E-state index is 14.2. The van der Waals surface area contributed by atoms with E-state index in [-0.39, 0.29) is 10.8 Å². The molecule has 5 heteroatoms. The van der Waals surface area contributed by atoms with Crippen molar-refractivity contribution >= 4 is 22.9 Å². The average Bonchev–Trinajstić information content (AvgIpc) is 2.46. The number of hydrogen-bond donors (Lipinski definition) is 1. The van der Waals surface area contributed by atoms with Crippen LogP contribution in [-0.4, -0.2) is 42.6 Å². The molecule has 0 unspecified atom stereocenters. The molecule has 0 radical (unpaired) electrons. The molecule has 1 aromatic carbocycles. The molecule has 0 spiro atoms. The molecule has 0 bridgehead atoms. The van der Waals surface area contributed by atoms with E-state index in [2.05, 4.69) is 11.8 Å². The molecule has 1 saturated heterocycles. The molecule has 1 aliphatic heterocycles. The second-order valence-corrected chi connectivity index (χ2v) is 5.75. The Morgan fingerprint density at radius 1 is 1.45 bits per heavy atom. The molecule has 1 fully saturated rings. The maximum atomic E-state index is 14.2. The van der Waals surface area contributed by atoms with Crippen LogP contribution < -0.4 is 10.6 Å². The topological polar surface area (TPSA) is 32.5 Å². The van der Waals surface area contributed by atoms with Gasteiger partial charge in [-0.25, -0.2) is 4.39 Å². The van der Waals surface area contributed by atoms with Crippen molar-refractivity contribution in [3.8, 4) is 0 Å². The van der Waals surface area contributed by atoms with E-state index in [9.17, 15) is 4.39 Å². The van der Waals surface area contributed by atoms with Crippen molar-refractivity contribution in [1.29, 1.82) is 0 Å². The largest absolute Gasteiger partial charge is 0.389 e. The Bertz CT molecular complexity index is 484. The van der Waals surface area contributed by atoms with Crippen LogP contribution in [0.4, 0.5) is 10.1 Å². The Labute approximate surface area is 125 Å². The van der Waals surface area contributed by atoms with Crippen molar-refractivity contribution in [2.45, 2.75) is 25.8 Å². The fourth-order valence-corrected chi connectivity index (χ4v) is 2.89. The second-order valence-electron chi connectivity index (χ2n) is 5.31. The van der Waals surface area contributed by atoms with Crippen molar-refractivity contribution in [3.63, 3.8) is 0 Å². The Kier molecular flexibility index (Phi) is 4.94. The Morgan fingerprint density at radius 3 is 2.60 bits per heavy atom. The SMILES string of the molecule is CCN1CCC(N(C)c2ccc(C(N)=S)cc2F)CC1. The Balaban J connectivity index is 2.09. The summed E-state index contributed by atoms with van der Waals surface area (Å²) < 4.78 is 14.2. The van der Waals surface area contributed by atoms with Crippen molar-refractivity contribution in [2.75, 3.05) is 31.6 Å². The number of nitrogens with zero attached hydrogens (tertiary/aromatic N) is 2. The predicted molar refractivity (Wildman–Crippen MR) is 85.8 cm³/mol. The molecule has 2 rings (SSSR count). The molecule has 3 nitrogen and oxygen atoms in total. The third kappa shape index (κ3) is 3.27. The van der Waals surface area contributed by atoms with Gasteiger partial charge in [0.1, 0.15) is 10.8 Å². The molecule has 110 valence electrons. The van der Waals surface area contributed by atoms with Gasteiger partial charge in [-0.3, -0.25) is 0 Å². The standard InChI is InChI=1S/C15H22FN3S/c1-3-19-8-6-12(7-9-19)18(2)14-5-4-11(15(17)20)10-13(14)16/h4-5,10,12H,3,6-9H2,1-2H3,(H2,17,20). The van der Waals surface area contributed by atoms with Gasteiger partial charge in [0.2, 0.25) is 0 Å². The van der Waals surface area contributed by atoms with E-state index < -0.39 is 0 Å². The summed E-state index contributed by atoms with van der Waals surface area (Å²) in [4.78, 5) is 4.71. The van der Waals surface area contributed by atoms with Gasteiger partial charge in [-0.1, -0.05) is 19.1 Å². The zero-order valence-electron chi connectivity index (χ0n) is 12.1. The number of thiocarbonyl (C=S) groups is 1. The van der Waals surface area contributed by atoms with Crippen molar-refractivity contribution in [3.05, 3.63) is 29.6 Å². The summed E-state index contributed by atoms with van der Waals surface area (Å²) >= 11 is 4.87. The van der Waals surface area contributed by atoms with Crippen LogP contribution in [0.3, 0.4) is 0 Å². The number of hydrogen-bond acceptors (Lipinski definition) is 3. The van der Waals surface area contributed by atoms with Crippen LogP contribution >= 0.6 is 12.2 Å². The van der Waals surface area contributed by atoms with Crippen LogP contribution in [-0.2, 0) is 0 Å². The highest BCUT2D eigenvalue weighted by Crippen LogP contribution is 2.25. The van der Waals surface area contributed by atoms with E-state index in [4.69, 9.17) is 18.0 Å². The molecule has 2 N–H and O–H groups in total. The first-order valence-electron chi connectivity index (χ1n) is 7.07. The van der Waals surface area contributed by atoms with Gasteiger partial charge in [0.15, 0.2) is 0 Å². The highest BCUT2D eigenvalue weighted by molar-refractivity contribution is 7.80. The number of piperidine rings is 1. The molecule has 20 heavy (non-hydrogen) atoms. The van der Waals surface area contributed by atoms with Gasteiger partial charge in [0.05, 0.1) is 5.69 Å². The number of rotatable bonds is 4. The normalized spacial score (nSPS) is 17.1. The molecule has 0 atom stereocenters. The first-order valence-corrected chi connectivity index (χ1v) is 7.48. The number of halogens is 1. The van der Waals surface area contributed by atoms with Gasteiger partial charge in [-0.05, 0) is 37.6 Å². The lowest BCUT2D eigenvalue weighted by Gasteiger charge is -2.37. The average molecular weight is 295 g/mol. The number of anilines is 1.